The number of rotatable bonds is 6. The van der Waals surface area contributed by atoms with Crippen LogP contribution in [0.2, 0.25) is 10.0 Å². The second-order valence-electron chi connectivity index (χ2n) is 7.43. The topological polar surface area (TPSA) is 58.6 Å². The lowest BCUT2D eigenvalue weighted by Gasteiger charge is -2.12. The molecule has 1 heterocycles. The quantitative estimate of drug-likeness (QED) is 0.359. The number of carbonyl (C=O) groups is 2. The minimum Gasteiger partial charge on any atom is -0.488 e. The standard InChI is InChI=1S/C25H20Cl2N2O3/c1-16-6-8-17(9-7-16)14-29-24(30)22(28-25(29)31)12-18-4-2-3-5-23(18)32-15-19-10-11-20(26)13-21(19)27/h2-13H,14-15H2,1H3,(H,28,31)/b22-12+. The summed E-state index contributed by atoms with van der Waals surface area (Å²) in [6, 6.07) is 19.7. The Hall–Kier alpha value is -3.28. The summed E-state index contributed by atoms with van der Waals surface area (Å²) in [6.45, 7) is 2.42. The third kappa shape index (κ3) is 4.96. The van der Waals surface area contributed by atoms with E-state index in [1.54, 1.807) is 30.3 Å². The molecule has 4 rings (SSSR count). The van der Waals surface area contributed by atoms with E-state index in [1.807, 2.05) is 49.4 Å². The van der Waals surface area contributed by atoms with Crippen molar-refractivity contribution in [2.45, 2.75) is 20.1 Å². The lowest BCUT2D eigenvalue weighted by Crippen LogP contribution is -2.30. The maximum absolute atomic E-state index is 12.9. The largest absolute Gasteiger partial charge is 0.488 e. The Morgan fingerprint density at radius 1 is 1.00 bits per heavy atom. The fourth-order valence-corrected chi connectivity index (χ4v) is 3.74. The molecule has 0 bridgehead atoms. The van der Waals surface area contributed by atoms with Crippen LogP contribution in [0.4, 0.5) is 4.79 Å². The van der Waals surface area contributed by atoms with E-state index in [-0.39, 0.29) is 24.8 Å². The van der Waals surface area contributed by atoms with Gasteiger partial charge in [0.05, 0.1) is 6.54 Å². The molecule has 0 saturated carbocycles. The summed E-state index contributed by atoms with van der Waals surface area (Å²) in [6.07, 6.45) is 1.62. The van der Waals surface area contributed by atoms with E-state index < -0.39 is 6.03 Å². The summed E-state index contributed by atoms with van der Waals surface area (Å²) >= 11 is 12.2. The van der Waals surface area contributed by atoms with Crippen LogP contribution >= 0.6 is 23.2 Å². The molecule has 3 aromatic rings. The number of para-hydroxylation sites is 1. The monoisotopic (exact) mass is 466 g/mol. The number of ether oxygens (including phenoxy) is 1. The molecular weight excluding hydrogens is 447 g/mol. The van der Waals surface area contributed by atoms with Crippen molar-refractivity contribution in [1.82, 2.24) is 10.2 Å². The molecule has 1 fully saturated rings. The average Bonchev–Trinajstić information content (AvgIpc) is 3.03. The fourth-order valence-electron chi connectivity index (χ4n) is 3.27. The van der Waals surface area contributed by atoms with Gasteiger partial charge in [-0.25, -0.2) is 4.79 Å². The van der Waals surface area contributed by atoms with Crippen molar-refractivity contribution in [1.29, 1.82) is 0 Å². The van der Waals surface area contributed by atoms with Crippen LogP contribution in [-0.4, -0.2) is 16.8 Å². The summed E-state index contributed by atoms with van der Waals surface area (Å²) in [4.78, 5) is 26.5. The molecule has 1 saturated heterocycles. The number of hydrogen-bond acceptors (Lipinski definition) is 3. The Bertz CT molecular complexity index is 1210. The normalized spacial score (nSPS) is 14.7. The maximum Gasteiger partial charge on any atom is 0.329 e. The minimum absolute atomic E-state index is 0.197. The smallest absolute Gasteiger partial charge is 0.329 e. The van der Waals surface area contributed by atoms with E-state index in [2.05, 4.69) is 5.32 Å². The van der Waals surface area contributed by atoms with Gasteiger partial charge < -0.3 is 10.1 Å². The van der Waals surface area contributed by atoms with Crippen molar-refractivity contribution in [3.05, 3.63) is 105 Å². The molecule has 7 heteroatoms. The van der Waals surface area contributed by atoms with Crippen LogP contribution in [0.1, 0.15) is 22.3 Å². The molecule has 0 aliphatic carbocycles. The highest BCUT2D eigenvalue weighted by atomic mass is 35.5. The van der Waals surface area contributed by atoms with Gasteiger partial charge in [-0.3, -0.25) is 9.69 Å². The molecule has 32 heavy (non-hydrogen) atoms. The second-order valence-corrected chi connectivity index (χ2v) is 8.27. The van der Waals surface area contributed by atoms with Crippen LogP contribution in [-0.2, 0) is 17.9 Å². The minimum atomic E-state index is -0.451. The zero-order chi connectivity index (χ0) is 22.7. The van der Waals surface area contributed by atoms with Gasteiger partial charge in [0.25, 0.3) is 5.91 Å². The summed E-state index contributed by atoms with van der Waals surface area (Å²) in [7, 11) is 0. The van der Waals surface area contributed by atoms with E-state index in [1.165, 1.54) is 4.90 Å². The Labute approximate surface area is 196 Å². The zero-order valence-electron chi connectivity index (χ0n) is 17.3. The Kier molecular flexibility index (Phi) is 6.49. The Morgan fingerprint density at radius 3 is 2.50 bits per heavy atom. The lowest BCUT2D eigenvalue weighted by molar-refractivity contribution is -0.123. The van der Waals surface area contributed by atoms with Crippen molar-refractivity contribution in [2.75, 3.05) is 0 Å². The van der Waals surface area contributed by atoms with E-state index >= 15 is 0 Å². The van der Waals surface area contributed by atoms with Crippen LogP contribution in [0.5, 0.6) is 5.75 Å². The van der Waals surface area contributed by atoms with Crippen LogP contribution in [0.25, 0.3) is 6.08 Å². The van der Waals surface area contributed by atoms with Gasteiger partial charge in [-0.15, -0.1) is 0 Å². The van der Waals surface area contributed by atoms with Crippen LogP contribution in [0.3, 0.4) is 0 Å². The SMILES string of the molecule is Cc1ccc(CN2C(=O)N/C(=C/c3ccccc3OCc3ccc(Cl)cc3Cl)C2=O)cc1. The van der Waals surface area contributed by atoms with Crippen molar-refractivity contribution in [3.63, 3.8) is 0 Å². The molecule has 0 radical (unpaired) electrons. The first kappa shape index (κ1) is 21.9. The first-order valence-electron chi connectivity index (χ1n) is 9.96. The van der Waals surface area contributed by atoms with Crippen LogP contribution in [0.15, 0.2) is 72.4 Å². The highest BCUT2D eigenvalue weighted by Crippen LogP contribution is 2.26. The number of carbonyl (C=O) groups excluding carboxylic acids is 2. The number of nitrogens with one attached hydrogen (secondary N) is 1. The fraction of sp³-hybridized carbons (Fsp3) is 0.120. The highest BCUT2D eigenvalue weighted by molar-refractivity contribution is 6.35. The number of hydrogen-bond donors (Lipinski definition) is 1. The van der Waals surface area contributed by atoms with Gasteiger partial charge in [0.15, 0.2) is 0 Å². The second kappa shape index (κ2) is 9.47. The van der Waals surface area contributed by atoms with Crippen molar-refractivity contribution >= 4 is 41.2 Å². The van der Waals surface area contributed by atoms with E-state index in [0.29, 0.717) is 21.4 Å². The van der Waals surface area contributed by atoms with E-state index in [0.717, 1.165) is 16.7 Å². The number of nitrogens with zero attached hydrogens (tertiary/aromatic N) is 1. The number of urea groups is 1. The summed E-state index contributed by atoms with van der Waals surface area (Å²) < 4.78 is 5.94. The molecule has 0 unspecified atom stereocenters. The maximum atomic E-state index is 12.9. The molecule has 0 atom stereocenters. The Balaban J connectivity index is 1.51. The molecule has 162 valence electrons. The van der Waals surface area contributed by atoms with Crippen LogP contribution in [0, 0.1) is 6.92 Å². The number of aryl methyl sites for hydroxylation is 1. The third-order valence-corrected chi connectivity index (χ3v) is 5.63. The first-order chi connectivity index (χ1) is 15.4. The van der Waals surface area contributed by atoms with Crippen molar-refractivity contribution in [3.8, 4) is 5.75 Å². The van der Waals surface area contributed by atoms with Gasteiger partial charge in [0.2, 0.25) is 0 Å². The van der Waals surface area contributed by atoms with E-state index in [4.69, 9.17) is 27.9 Å². The van der Waals surface area contributed by atoms with Crippen LogP contribution < -0.4 is 10.1 Å². The van der Waals surface area contributed by atoms with E-state index in [9.17, 15) is 9.59 Å². The summed E-state index contributed by atoms with van der Waals surface area (Å²) in [5, 5.41) is 3.72. The molecule has 0 aromatic heterocycles. The molecule has 1 aliphatic heterocycles. The molecule has 0 spiro atoms. The number of amides is 3. The van der Waals surface area contributed by atoms with Gasteiger partial charge in [-0.1, -0.05) is 77.3 Å². The summed E-state index contributed by atoms with van der Waals surface area (Å²) in [5.74, 6) is 0.177. The number of benzene rings is 3. The zero-order valence-corrected chi connectivity index (χ0v) is 18.8. The van der Waals surface area contributed by atoms with Gasteiger partial charge in [-0.2, -0.15) is 0 Å². The molecule has 1 aliphatic rings. The lowest BCUT2D eigenvalue weighted by atomic mass is 10.1. The number of halogens is 2. The molecule has 1 N–H and O–H groups in total. The predicted molar refractivity (Wildman–Crippen MR) is 125 cm³/mol. The van der Waals surface area contributed by atoms with Crippen molar-refractivity contribution < 1.29 is 14.3 Å². The van der Waals surface area contributed by atoms with Gasteiger partial charge >= 0.3 is 6.03 Å². The molecule has 5 nitrogen and oxygen atoms in total. The third-order valence-electron chi connectivity index (χ3n) is 5.04. The molecule has 3 aromatic carbocycles. The first-order valence-corrected chi connectivity index (χ1v) is 10.7. The van der Waals surface area contributed by atoms with Gasteiger partial charge in [0.1, 0.15) is 18.1 Å². The van der Waals surface area contributed by atoms with Gasteiger partial charge in [0, 0.05) is 21.2 Å². The predicted octanol–water partition coefficient (Wildman–Crippen LogP) is 5.97. The molecule has 3 amide bonds. The Morgan fingerprint density at radius 2 is 1.75 bits per heavy atom. The van der Waals surface area contributed by atoms with Crippen molar-refractivity contribution in [2.24, 2.45) is 0 Å². The summed E-state index contributed by atoms with van der Waals surface area (Å²) in [5.41, 5.74) is 3.64. The average molecular weight is 467 g/mol. The molecular formula is C25H20Cl2N2O3. The highest BCUT2D eigenvalue weighted by Gasteiger charge is 2.33. The van der Waals surface area contributed by atoms with Gasteiger partial charge in [-0.05, 0) is 36.8 Å². The number of imide groups is 1.